The first-order valence-electron chi connectivity index (χ1n) is 10.9. The van der Waals surface area contributed by atoms with Gasteiger partial charge in [-0.05, 0) is 42.0 Å². The Morgan fingerprint density at radius 1 is 1.03 bits per heavy atom. The molecule has 33 heavy (non-hydrogen) atoms. The van der Waals surface area contributed by atoms with Gasteiger partial charge in [0.25, 0.3) is 5.56 Å². The normalized spacial score (nSPS) is 14.5. The van der Waals surface area contributed by atoms with Crippen molar-refractivity contribution < 1.29 is 19.4 Å². The van der Waals surface area contributed by atoms with Crippen molar-refractivity contribution in [2.75, 3.05) is 0 Å². The molecule has 4 aromatic rings. The molecule has 2 heterocycles. The van der Waals surface area contributed by atoms with Crippen molar-refractivity contribution in [3.63, 3.8) is 0 Å². The van der Waals surface area contributed by atoms with E-state index in [-0.39, 0.29) is 28.6 Å². The van der Waals surface area contributed by atoms with Crippen LogP contribution in [0, 0.1) is 0 Å². The predicted molar refractivity (Wildman–Crippen MR) is 121 cm³/mol. The van der Waals surface area contributed by atoms with Crippen LogP contribution in [-0.4, -0.2) is 25.7 Å². The Hall–Kier alpha value is -3.94. The number of hydrogen-bond donors (Lipinski definition) is 2. The number of fused-ring (bicyclic) bond motifs is 1. The third-order valence-corrected chi connectivity index (χ3v) is 6.31. The highest BCUT2D eigenvalue weighted by Gasteiger charge is 2.26. The average molecular weight is 447 g/mol. The van der Waals surface area contributed by atoms with Gasteiger partial charge in [0.15, 0.2) is 11.4 Å². The van der Waals surface area contributed by atoms with E-state index in [0.29, 0.717) is 11.3 Å². The van der Waals surface area contributed by atoms with E-state index in [1.54, 1.807) is 12.1 Å². The number of nitrogens with one attached hydrogen (secondary N) is 1. The molecular formula is C25H22FN3O4. The zero-order chi connectivity index (χ0) is 22.9. The molecule has 2 aromatic carbocycles. The molecule has 0 saturated heterocycles. The molecule has 0 atom stereocenters. The van der Waals surface area contributed by atoms with Gasteiger partial charge in [0.2, 0.25) is 0 Å². The number of benzene rings is 2. The lowest BCUT2D eigenvalue weighted by molar-refractivity contribution is -0.00614. The van der Waals surface area contributed by atoms with Gasteiger partial charge in [-0.1, -0.05) is 55.7 Å². The summed E-state index contributed by atoms with van der Waals surface area (Å²) in [7, 11) is 0. The van der Waals surface area contributed by atoms with E-state index in [1.807, 2.05) is 30.3 Å². The third-order valence-electron chi connectivity index (χ3n) is 6.31. The van der Waals surface area contributed by atoms with Crippen LogP contribution in [0.4, 0.5) is 4.53 Å². The molecule has 5 rings (SSSR count). The third kappa shape index (κ3) is 3.88. The van der Waals surface area contributed by atoms with Crippen LogP contribution in [0.5, 0.6) is 5.75 Å². The Balaban J connectivity index is 1.64. The van der Waals surface area contributed by atoms with Crippen molar-refractivity contribution in [2.24, 2.45) is 0 Å². The fourth-order valence-corrected chi connectivity index (χ4v) is 4.67. The number of H-pyrrole nitrogens is 1. The van der Waals surface area contributed by atoms with E-state index in [2.05, 4.69) is 10.0 Å². The average Bonchev–Trinajstić information content (AvgIpc) is 3.30. The summed E-state index contributed by atoms with van der Waals surface area (Å²) >= 11 is 0. The van der Waals surface area contributed by atoms with Crippen molar-refractivity contribution in [3.05, 3.63) is 76.2 Å². The summed E-state index contributed by atoms with van der Waals surface area (Å²) in [6, 6.07) is 15.6. The highest BCUT2D eigenvalue weighted by molar-refractivity contribution is 5.86. The largest absolute Gasteiger partial charge is 0.477 e. The van der Waals surface area contributed by atoms with Crippen molar-refractivity contribution in [2.45, 2.75) is 38.0 Å². The molecule has 0 radical (unpaired) electrons. The molecule has 2 aromatic heterocycles. The maximum Gasteiger partial charge on any atom is 0.353 e. The molecule has 168 valence electrons. The second-order valence-electron chi connectivity index (χ2n) is 8.37. The fraction of sp³-hybridized carbons (Fsp3) is 0.240. The van der Waals surface area contributed by atoms with Crippen LogP contribution in [0.2, 0.25) is 0 Å². The zero-order valence-corrected chi connectivity index (χ0v) is 17.8. The van der Waals surface area contributed by atoms with Gasteiger partial charge >= 0.3 is 5.97 Å². The number of rotatable bonds is 5. The maximum atomic E-state index is 13.5. The van der Waals surface area contributed by atoms with Gasteiger partial charge in [-0.2, -0.15) is 0 Å². The molecule has 1 fully saturated rings. The van der Waals surface area contributed by atoms with Crippen molar-refractivity contribution in [1.82, 2.24) is 14.6 Å². The lowest BCUT2D eigenvalue weighted by Gasteiger charge is -2.23. The second-order valence-corrected chi connectivity index (χ2v) is 8.37. The van der Waals surface area contributed by atoms with Crippen molar-refractivity contribution in [1.29, 1.82) is 0 Å². The molecule has 0 spiro atoms. The summed E-state index contributed by atoms with van der Waals surface area (Å²) < 4.78 is 13.8. The molecular weight excluding hydrogens is 425 g/mol. The summed E-state index contributed by atoms with van der Waals surface area (Å²) in [4.78, 5) is 33.4. The Bertz CT molecular complexity index is 1390. The first-order valence-corrected chi connectivity index (χ1v) is 10.9. The minimum absolute atomic E-state index is 0.0697. The Morgan fingerprint density at radius 3 is 2.45 bits per heavy atom. The molecule has 0 unspecified atom stereocenters. The van der Waals surface area contributed by atoms with E-state index in [9.17, 15) is 19.2 Å². The van der Waals surface area contributed by atoms with Crippen molar-refractivity contribution >= 4 is 11.6 Å². The molecule has 1 saturated carbocycles. The molecule has 0 amide bonds. The summed E-state index contributed by atoms with van der Waals surface area (Å²) in [5.74, 6) is -0.956. The number of carboxylic acid groups (broad SMARTS) is 1. The van der Waals surface area contributed by atoms with Crippen molar-refractivity contribution in [3.8, 4) is 28.1 Å². The van der Waals surface area contributed by atoms with Gasteiger partial charge in [0, 0.05) is 21.7 Å². The van der Waals surface area contributed by atoms with Crippen LogP contribution >= 0.6 is 0 Å². The van der Waals surface area contributed by atoms with Gasteiger partial charge in [-0.3, -0.25) is 14.8 Å². The first kappa shape index (κ1) is 20.9. The molecule has 1 aliphatic carbocycles. The number of carboxylic acids is 1. The Kier molecular flexibility index (Phi) is 5.42. The van der Waals surface area contributed by atoms with E-state index in [4.69, 9.17) is 4.98 Å². The van der Waals surface area contributed by atoms with Gasteiger partial charge in [0.05, 0.1) is 5.69 Å². The number of halogens is 1. The highest BCUT2D eigenvalue weighted by atomic mass is 19.3. The van der Waals surface area contributed by atoms with Gasteiger partial charge < -0.3 is 5.11 Å². The Morgan fingerprint density at radius 2 is 1.76 bits per heavy atom. The van der Waals surface area contributed by atoms with Crippen LogP contribution in [0.25, 0.3) is 28.0 Å². The van der Waals surface area contributed by atoms with E-state index >= 15 is 0 Å². The van der Waals surface area contributed by atoms with Gasteiger partial charge in [-0.25, -0.2) is 14.3 Å². The predicted octanol–water partition coefficient (Wildman–Crippen LogP) is 5.37. The van der Waals surface area contributed by atoms with Crippen LogP contribution in [0.3, 0.4) is 0 Å². The van der Waals surface area contributed by atoms with Crippen LogP contribution in [-0.2, 0) is 0 Å². The fourth-order valence-electron chi connectivity index (χ4n) is 4.67. The molecule has 7 nitrogen and oxygen atoms in total. The topological polar surface area (TPSA) is 96.7 Å². The number of aromatic carboxylic acids is 1. The maximum absolute atomic E-state index is 13.5. The number of nitrogens with zero attached hydrogens (tertiary/aromatic N) is 2. The minimum Gasteiger partial charge on any atom is -0.477 e. The zero-order valence-electron chi connectivity index (χ0n) is 17.8. The monoisotopic (exact) mass is 447 g/mol. The summed E-state index contributed by atoms with van der Waals surface area (Å²) in [5.41, 5.74) is 3.55. The number of hydrogen-bond acceptors (Lipinski definition) is 4. The lowest BCUT2D eigenvalue weighted by Crippen LogP contribution is -2.25. The van der Waals surface area contributed by atoms with Crippen LogP contribution in [0.1, 0.15) is 54.1 Å². The second kappa shape index (κ2) is 8.54. The highest BCUT2D eigenvalue weighted by Crippen LogP contribution is 2.36. The molecule has 8 heteroatoms. The standard InChI is InChI=1S/C25H22FN3O4/c26-33-19-8-4-7-18(13-19)15-9-11-17(12-10-15)23-22(16-5-2-1-3-6-16)24(30)29-21(27-23)14-20(28-29)25(31)32/h4,7-14,16,28H,1-3,5-6H2,(H,31,32). The molecule has 1 aliphatic rings. The number of aromatic nitrogens is 3. The van der Waals surface area contributed by atoms with E-state index in [1.165, 1.54) is 16.6 Å². The summed E-state index contributed by atoms with van der Waals surface area (Å²) in [6.07, 6.45) is 5.03. The smallest absolute Gasteiger partial charge is 0.353 e. The molecule has 0 aliphatic heterocycles. The minimum atomic E-state index is -1.15. The van der Waals surface area contributed by atoms with E-state index in [0.717, 1.165) is 48.8 Å². The lowest BCUT2D eigenvalue weighted by atomic mass is 9.82. The van der Waals surface area contributed by atoms with Crippen LogP contribution < -0.4 is 10.5 Å². The van der Waals surface area contributed by atoms with Gasteiger partial charge in [-0.15, -0.1) is 0 Å². The van der Waals surface area contributed by atoms with Gasteiger partial charge in [0.1, 0.15) is 5.69 Å². The molecule has 2 N–H and O–H groups in total. The number of carbonyl (C=O) groups is 1. The van der Waals surface area contributed by atoms with E-state index < -0.39 is 5.97 Å². The number of aromatic amines is 1. The van der Waals surface area contributed by atoms with Crippen LogP contribution in [0.15, 0.2) is 59.4 Å². The summed E-state index contributed by atoms with van der Waals surface area (Å²) in [5, 5.41) is 12.0. The Labute approximate surface area is 188 Å². The molecule has 0 bridgehead atoms. The SMILES string of the molecule is O=C(O)c1cc2nc(-c3ccc(-c4cccc(OF)c4)cc3)c(C3CCCCC3)c(=O)n2[nH]1. The first-order chi connectivity index (χ1) is 16.0. The quantitative estimate of drug-likeness (QED) is 0.429. The summed E-state index contributed by atoms with van der Waals surface area (Å²) in [6.45, 7) is 0.